The van der Waals surface area contributed by atoms with E-state index >= 15 is 0 Å². The van der Waals surface area contributed by atoms with Crippen molar-refractivity contribution in [2.24, 2.45) is 5.92 Å². The van der Waals surface area contributed by atoms with Crippen LogP contribution in [0.4, 0.5) is 5.69 Å². The number of pyridine rings is 1. The molecule has 1 unspecified atom stereocenters. The monoisotopic (exact) mass is 315 g/mol. The molecule has 1 aromatic heterocycles. The van der Waals surface area contributed by atoms with Crippen LogP contribution in [0.2, 0.25) is 5.15 Å². The molecule has 1 aliphatic heterocycles. The lowest BCUT2D eigenvalue weighted by Gasteiger charge is -2.16. The number of aromatic nitrogens is 1. The third-order valence-corrected chi connectivity index (χ3v) is 4.46. The van der Waals surface area contributed by atoms with Crippen LogP contribution in [0, 0.1) is 5.92 Å². The molecule has 0 radical (unpaired) electrons. The predicted octanol–water partition coefficient (Wildman–Crippen LogP) is 3.71. The minimum atomic E-state index is 0.543. The summed E-state index contributed by atoms with van der Waals surface area (Å²) < 4.78 is 0. The number of hydrogen-bond acceptors (Lipinski definition) is 3. The van der Waals surface area contributed by atoms with E-state index in [1.54, 1.807) is 6.20 Å². The van der Waals surface area contributed by atoms with Gasteiger partial charge in [0.25, 0.3) is 0 Å². The van der Waals surface area contributed by atoms with Gasteiger partial charge in [0.1, 0.15) is 5.15 Å². The number of benzene rings is 1. The maximum Gasteiger partial charge on any atom is 0.131 e. The first-order valence-corrected chi connectivity index (χ1v) is 8.29. The SMILES string of the molecule is Clc1cc(NCC2CCN(CCc3ccccc3)C2)ccn1. The van der Waals surface area contributed by atoms with E-state index in [0.717, 1.165) is 25.2 Å². The third-order valence-electron chi connectivity index (χ3n) is 4.25. The van der Waals surface area contributed by atoms with E-state index < -0.39 is 0 Å². The van der Waals surface area contributed by atoms with Crippen molar-refractivity contribution in [1.82, 2.24) is 9.88 Å². The molecule has 116 valence electrons. The van der Waals surface area contributed by atoms with Crippen LogP contribution < -0.4 is 5.32 Å². The van der Waals surface area contributed by atoms with Gasteiger partial charge in [-0.15, -0.1) is 0 Å². The van der Waals surface area contributed by atoms with Gasteiger partial charge in [0.2, 0.25) is 0 Å². The molecule has 1 fully saturated rings. The van der Waals surface area contributed by atoms with E-state index in [-0.39, 0.29) is 0 Å². The van der Waals surface area contributed by atoms with Gasteiger partial charge in [-0.2, -0.15) is 0 Å². The first kappa shape index (κ1) is 15.3. The van der Waals surface area contributed by atoms with Crippen molar-refractivity contribution in [3.63, 3.8) is 0 Å². The van der Waals surface area contributed by atoms with Crippen molar-refractivity contribution in [3.8, 4) is 0 Å². The van der Waals surface area contributed by atoms with Gasteiger partial charge in [-0.05, 0) is 43.0 Å². The fourth-order valence-electron chi connectivity index (χ4n) is 2.99. The van der Waals surface area contributed by atoms with E-state index in [9.17, 15) is 0 Å². The molecule has 3 rings (SSSR count). The zero-order valence-electron chi connectivity index (χ0n) is 12.7. The molecule has 0 amide bonds. The summed E-state index contributed by atoms with van der Waals surface area (Å²) in [6, 6.07) is 14.6. The highest BCUT2D eigenvalue weighted by Crippen LogP contribution is 2.18. The first-order valence-electron chi connectivity index (χ1n) is 7.91. The first-order chi connectivity index (χ1) is 10.8. The molecular formula is C18H22ClN3. The summed E-state index contributed by atoms with van der Waals surface area (Å²) in [5, 5.41) is 4.01. The molecule has 0 spiro atoms. The smallest absolute Gasteiger partial charge is 0.131 e. The molecule has 0 saturated carbocycles. The summed E-state index contributed by atoms with van der Waals surface area (Å²) >= 11 is 5.90. The van der Waals surface area contributed by atoms with Crippen LogP contribution in [0.25, 0.3) is 0 Å². The number of hydrogen-bond donors (Lipinski definition) is 1. The minimum absolute atomic E-state index is 0.543. The molecule has 1 saturated heterocycles. The van der Waals surface area contributed by atoms with E-state index in [4.69, 9.17) is 11.6 Å². The highest BCUT2D eigenvalue weighted by atomic mass is 35.5. The van der Waals surface area contributed by atoms with Crippen molar-refractivity contribution in [2.75, 3.05) is 31.5 Å². The third kappa shape index (κ3) is 4.46. The van der Waals surface area contributed by atoms with Crippen LogP contribution >= 0.6 is 11.6 Å². The molecular weight excluding hydrogens is 294 g/mol. The largest absolute Gasteiger partial charge is 0.385 e. The zero-order valence-corrected chi connectivity index (χ0v) is 13.5. The van der Waals surface area contributed by atoms with Gasteiger partial charge in [0.05, 0.1) is 0 Å². The van der Waals surface area contributed by atoms with Crippen LogP contribution in [0.15, 0.2) is 48.7 Å². The minimum Gasteiger partial charge on any atom is -0.385 e. The molecule has 3 nitrogen and oxygen atoms in total. The molecule has 2 heterocycles. The van der Waals surface area contributed by atoms with Crippen molar-refractivity contribution in [2.45, 2.75) is 12.8 Å². The van der Waals surface area contributed by atoms with E-state index in [1.807, 2.05) is 12.1 Å². The Bertz CT molecular complexity index is 588. The van der Waals surface area contributed by atoms with Crippen molar-refractivity contribution >= 4 is 17.3 Å². The highest BCUT2D eigenvalue weighted by Gasteiger charge is 2.21. The van der Waals surface area contributed by atoms with Crippen LogP contribution in [0.5, 0.6) is 0 Å². The molecule has 2 aromatic rings. The number of nitrogens with zero attached hydrogens (tertiary/aromatic N) is 2. The second-order valence-electron chi connectivity index (χ2n) is 5.94. The Kier molecular flexibility index (Phi) is 5.30. The number of likely N-dealkylation sites (tertiary alicyclic amines) is 1. The summed E-state index contributed by atoms with van der Waals surface area (Å²) in [5.41, 5.74) is 2.48. The summed E-state index contributed by atoms with van der Waals surface area (Å²) in [6.07, 6.45) is 4.15. The molecule has 0 bridgehead atoms. The average molecular weight is 316 g/mol. The lowest BCUT2D eigenvalue weighted by atomic mass is 10.1. The summed E-state index contributed by atoms with van der Waals surface area (Å²) in [7, 11) is 0. The van der Waals surface area contributed by atoms with Crippen LogP contribution in [-0.4, -0.2) is 36.1 Å². The second kappa shape index (κ2) is 7.61. The predicted molar refractivity (Wildman–Crippen MR) is 92.4 cm³/mol. The maximum atomic E-state index is 5.90. The molecule has 1 aliphatic rings. The van der Waals surface area contributed by atoms with Gasteiger partial charge in [0.15, 0.2) is 0 Å². The fraction of sp³-hybridized carbons (Fsp3) is 0.389. The number of nitrogens with one attached hydrogen (secondary N) is 1. The molecule has 1 aromatic carbocycles. The van der Waals surface area contributed by atoms with Gasteiger partial charge in [0, 0.05) is 31.5 Å². The summed E-state index contributed by atoms with van der Waals surface area (Å²) in [6.45, 7) is 4.54. The molecule has 22 heavy (non-hydrogen) atoms. The maximum absolute atomic E-state index is 5.90. The van der Waals surface area contributed by atoms with E-state index in [0.29, 0.717) is 11.1 Å². The summed E-state index contributed by atoms with van der Waals surface area (Å²) in [4.78, 5) is 6.57. The molecule has 0 aliphatic carbocycles. The Balaban J connectivity index is 1.40. The second-order valence-corrected chi connectivity index (χ2v) is 6.33. The van der Waals surface area contributed by atoms with E-state index in [1.165, 1.54) is 25.1 Å². The highest BCUT2D eigenvalue weighted by molar-refractivity contribution is 6.29. The van der Waals surface area contributed by atoms with Gasteiger partial charge in [-0.25, -0.2) is 4.98 Å². The molecule has 4 heteroatoms. The fourth-order valence-corrected chi connectivity index (χ4v) is 3.16. The number of rotatable bonds is 6. The Labute approximate surface area is 137 Å². The van der Waals surface area contributed by atoms with E-state index in [2.05, 4.69) is 45.5 Å². The van der Waals surface area contributed by atoms with Gasteiger partial charge in [-0.1, -0.05) is 41.9 Å². The Morgan fingerprint density at radius 3 is 2.91 bits per heavy atom. The average Bonchev–Trinajstić information content (AvgIpc) is 3.00. The standard InChI is InChI=1S/C18H22ClN3/c19-18-12-17(6-9-20-18)21-13-16-8-11-22(14-16)10-7-15-4-2-1-3-5-15/h1-6,9,12,16H,7-8,10-11,13-14H2,(H,20,21). The topological polar surface area (TPSA) is 28.2 Å². The Hall–Kier alpha value is -1.58. The van der Waals surface area contributed by atoms with Crippen LogP contribution in [0.3, 0.4) is 0 Å². The zero-order chi connectivity index (χ0) is 15.2. The van der Waals surface area contributed by atoms with Gasteiger partial charge in [-0.3, -0.25) is 0 Å². The quantitative estimate of drug-likeness (QED) is 0.824. The van der Waals surface area contributed by atoms with Gasteiger partial charge >= 0.3 is 0 Å². The van der Waals surface area contributed by atoms with Crippen molar-refractivity contribution in [1.29, 1.82) is 0 Å². The molecule has 1 N–H and O–H groups in total. The summed E-state index contributed by atoms with van der Waals surface area (Å²) in [5.74, 6) is 0.711. The van der Waals surface area contributed by atoms with Crippen LogP contribution in [-0.2, 0) is 6.42 Å². The number of halogens is 1. The van der Waals surface area contributed by atoms with Crippen LogP contribution in [0.1, 0.15) is 12.0 Å². The lowest BCUT2D eigenvalue weighted by Crippen LogP contribution is -2.25. The lowest BCUT2D eigenvalue weighted by molar-refractivity contribution is 0.330. The molecule has 1 atom stereocenters. The Morgan fingerprint density at radius 1 is 1.23 bits per heavy atom. The van der Waals surface area contributed by atoms with Gasteiger partial charge < -0.3 is 10.2 Å². The number of anilines is 1. The van der Waals surface area contributed by atoms with Crippen molar-refractivity contribution < 1.29 is 0 Å². The van der Waals surface area contributed by atoms with Crippen molar-refractivity contribution in [3.05, 3.63) is 59.4 Å². The Morgan fingerprint density at radius 2 is 2.09 bits per heavy atom. The normalized spacial score (nSPS) is 18.5.